The molecule has 2 nitrogen and oxygen atoms in total. The first-order valence-corrected chi connectivity index (χ1v) is 8.19. The van der Waals surface area contributed by atoms with Crippen molar-refractivity contribution in [3.8, 4) is 16.9 Å². The number of hydrogen-bond acceptors (Lipinski definition) is 3. The second kappa shape index (κ2) is 5.48. The number of methoxy groups -OCH3 is 1. The lowest BCUT2D eigenvalue weighted by Crippen LogP contribution is -1.92. The molecule has 0 spiro atoms. The summed E-state index contributed by atoms with van der Waals surface area (Å²) in [4.78, 5) is 0. The minimum Gasteiger partial charge on any atom is -0.497 e. The van der Waals surface area contributed by atoms with Gasteiger partial charge in [0.25, 0.3) is 0 Å². The molecule has 4 rings (SSSR count). The standard InChI is InChI=1S/C18H11ClFNOS/c1-22-12-6-10-4-2-3-5-13(10)14(8-12)16-15(19)7-11-9-23-21-18(11)17(16)20/h2-9H,1H3. The maximum atomic E-state index is 15.0. The molecule has 0 amide bonds. The van der Waals surface area contributed by atoms with Gasteiger partial charge in [0.2, 0.25) is 0 Å². The lowest BCUT2D eigenvalue weighted by Gasteiger charge is -2.12. The lowest BCUT2D eigenvalue weighted by molar-refractivity contribution is 0.415. The first-order chi connectivity index (χ1) is 11.2. The number of aromatic nitrogens is 1. The molecule has 0 radical (unpaired) electrons. The Bertz CT molecular complexity index is 1040. The molecule has 0 saturated carbocycles. The van der Waals surface area contributed by atoms with Crippen molar-refractivity contribution in [1.29, 1.82) is 0 Å². The molecule has 23 heavy (non-hydrogen) atoms. The van der Waals surface area contributed by atoms with Gasteiger partial charge in [-0.05, 0) is 46.1 Å². The van der Waals surface area contributed by atoms with E-state index in [0.717, 1.165) is 10.8 Å². The van der Waals surface area contributed by atoms with E-state index in [2.05, 4.69) is 4.37 Å². The van der Waals surface area contributed by atoms with E-state index in [1.165, 1.54) is 11.5 Å². The van der Waals surface area contributed by atoms with Crippen LogP contribution >= 0.6 is 23.1 Å². The fraction of sp³-hybridized carbons (Fsp3) is 0.0556. The van der Waals surface area contributed by atoms with Crippen molar-refractivity contribution < 1.29 is 9.13 Å². The van der Waals surface area contributed by atoms with Crippen LogP contribution in [0.2, 0.25) is 5.02 Å². The molecule has 0 aliphatic heterocycles. The van der Waals surface area contributed by atoms with Crippen LogP contribution < -0.4 is 4.74 Å². The van der Waals surface area contributed by atoms with Crippen molar-refractivity contribution in [2.75, 3.05) is 7.11 Å². The molecule has 0 aliphatic rings. The van der Waals surface area contributed by atoms with Gasteiger partial charge < -0.3 is 4.74 Å². The minimum atomic E-state index is -0.396. The van der Waals surface area contributed by atoms with E-state index in [9.17, 15) is 0 Å². The highest BCUT2D eigenvalue weighted by molar-refractivity contribution is 7.04. The summed E-state index contributed by atoms with van der Waals surface area (Å²) in [5.41, 5.74) is 1.42. The van der Waals surface area contributed by atoms with Crippen molar-refractivity contribution in [3.63, 3.8) is 0 Å². The summed E-state index contributed by atoms with van der Waals surface area (Å²) in [5.74, 6) is 0.264. The zero-order valence-corrected chi connectivity index (χ0v) is 13.7. The number of ether oxygens (including phenoxy) is 1. The van der Waals surface area contributed by atoms with Gasteiger partial charge in [0, 0.05) is 16.3 Å². The van der Waals surface area contributed by atoms with Crippen LogP contribution in [0.4, 0.5) is 4.39 Å². The van der Waals surface area contributed by atoms with E-state index in [-0.39, 0.29) is 0 Å². The van der Waals surface area contributed by atoms with Gasteiger partial charge in [0.05, 0.1) is 12.1 Å². The lowest BCUT2D eigenvalue weighted by atomic mass is 9.96. The van der Waals surface area contributed by atoms with Gasteiger partial charge in [-0.3, -0.25) is 0 Å². The predicted octanol–water partition coefficient (Wildman–Crippen LogP) is 5.92. The third kappa shape index (κ3) is 2.26. The summed E-state index contributed by atoms with van der Waals surface area (Å²) in [6, 6.07) is 13.3. The van der Waals surface area contributed by atoms with Crippen LogP contribution in [-0.2, 0) is 0 Å². The Kier molecular flexibility index (Phi) is 3.43. The van der Waals surface area contributed by atoms with Crippen molar-refractivity contribution in [1.82, 2.24) is 4.37 Å². The Hall–Kier alpha value is -2.17. The largest absolute Gasteiger partial charge is 0.497 e. The van der Waals surface area contributed by atoms with Crippen LogP contribution in [0.1, 0.15) is 0 Å². The maximum Gasteiger partial charge on any atom is 0.159 e. The Balaban J connectivity index is 2.13. The van der Waals surface area contributed by atoms with Crippen molar-refractivity contribution in [2.45, 2.75) is 0 Å². The van der Waals surface area contributed by atoms with Gasteiger partial charge in [-0.15, -0.1) is 0 Å². The minimum absolute atomic E-state index is 0.348. The highest BCUT2D eigenvalue weighted by Gasteiger charge is 2.18. The molecule has 1 aromatic heterocycles. The van der Waals surface area contributed by atoms with E-state index in [0.29, 0.717) is 32.8 Å². The summed E-state index contributed by atoms with van der Waals surface area (Å²) < 4.78 is 24.5. The van der Waals surface area contributed by atoms with Crippen molar-refractivity contribution in [3.05, 3.63) is 58.7 Å². The fourth-order valence-corrected chi connectivity index (χ4v) is 3.74. The monoisotopic (exact) mass is 343 g/mol. The zero-order chi connectivity index (χ0) is 16.0. The van der Waals surface area contributed by atoms with Crippen LogP contribution in [0.3, 0.4) is 0 Å². The normalized spacial score (nSPS) is 11.3. The molecule has 0 unspecified atom stereocenters. The number of halogens is 2. The summed E-state index contributed by atoms with van der Waals surface area (Å²) >= 11 is 7.61. The van der Waals surface area contributed by atoms with Crippen LogP contribution in [0.15, 0.2) is 47.8 Å². The van der Waals surface area contributed by atoms with Gasteiger partial charge in [-0.2, -0.15) is 4.37 Å². The quantitative estimate of drug-likeness (QED) is 0.451. The van der Waals surface area contributed by atoms with E-state index in [1.807, 2.05) is 36.4 Å². The van der Waals surface area contributed by atoms with Crippen LogP contribution in [-0.4, -0.2) is 11.5 Å². The number of fused-ring (bicyclic) bond motifs is 2. The van der Waals surface area contributed by atoms with E-state index in [1.54, 1.807) is 18.6 Å². The molecule has 114 valence electrons. The highest BCUT2D eigenvalue weighted by atomic mass is 35.5. The van der Waals surface area contributed by atoms with Gasteiger partial charge >= 0.3 is 0 Å². The van der Waals surface area contributed by atoms with Crippen molar-refractivity contribution >= 4 is 44.8 Å². The smallest absolute Gasteiger partial charge is 0.159 e. The average molecular weight is 344 g/mol. The molecule has 0 aliphatic carbocycles. The Morgan fingerprint density at radius 3 is 2.78 bits per heavy atom. The first kappa shape index (κ1) is 14.4. The molecule has 0 bridgehead atoms. The average Bonchev–Trinajstić information content (AvgIpc) is 3.03. The Labute approximate surface area is 141 Å². The second-order valence-corrected chi connectivity index (χ2v) is 6.23. The predicted molar refractivity (Wildman–Crippen MR) is 94.1 cm³/mol. The number of rotatable bonds is 2. The molecule has 0 atom stereocenters. The molecule has 0 saturated heterocycles. The molecular weight excluding hydrogens is 333 g/mol. The molecule has 0 fully saturated rings. The number of hydrogen-bond donors (Lipinski definition) is 0. The fourth-order valence-electron chi connectivity index (χ4n) is 2.80. The third-order valence-electron chi connectivity index (χ3n) is 3.89. The zero-order valence-electron chi connectivity index (χ0n) is 12.1. The molecule has 4 aromatic rings. The van der Waals surface area contributed by atoms with E-state index >= 15 is 4.39 Å². The van der Waals surface area contributed by atoms with Gasteiger partial charge in [-0.1, -0.05) is 35.9 Å². The Morgan fingerprint density at radius 1 is 1.13 bits per heavy atom. The third-order valence-corrected chi connectivity index (χ3v) is 4.83. The van der Waals surface area contributed by atoms with Gasteiger partial charge in [0.1, 0.15) is 11.3 Å². The summed E-state index contributed by atoms with van der Waals surface area (Å²) in [7, 11) is 1.59. The molecule has 3 aromatic carbocycles. The second-order valence-electron chi connectivity index (χ2n) is 5.20. The first-order valence-electron chi connectivity index (χ1n) is 6.98. The Morgan fingerprint density at radius 2 is 1.96 bits per heavy atom. The summed E-state index contributed by atoms with van der Waals surface area (Å²) in [6.07, 6.45) is 0. The van der Waals surface area contributed by atoms with E-state index in [4.69, 9.17) is 16.3 Å². The number of benzene rings is 3. The van der Waals surface area contributed by atoms with E-state index < -0.39 is 5.82 Å². The summed E-state index contributed by atoms with van der Waals surface area (Å²) in [5, 5.41) is 4.76. The SMILES string of the molecule is COc1cc(-c2c(Cl)cc3csnc3c2F)c2ccccc2c1. The maximum absolute atomic E-state index is 15.0. The van der Waals surface area contributed by atoms with Crippen LogP contribution in [0.25, 0.3) is 32.8 Å². The topological polar surface area (TPSA) is 22.1 Å². The molecule has 0 N–H and O–H groups in total. The molecule has 5 heteroatoms. The van der Waals surface area contributed by atoms with Gasteiger partial charge in [0.15, 0.2) is 5.82 Å². The molecule has 1 heterocycles. The highest BCUT2D eigenvalue weighted by Crippen LogP contribution is 2.40. The van der Waals surface area contributed by atoms with Crippen molar-refractivity contribution in [2.24, 2.45) is 0 Å². The summed E-state index contributed by atoms with van der Waals surface area (Å²) in [6.45, 7) is 0. The molecular formula is C18H11ClFNOS. The number of nitrogens with zero attached hydrogens (tertiary/aromatic N) is 1. The van der Waals surface area contributed by atoms with Crippen LogP contribution in [0, 0.1) is 5.82 Å². The van der Waals surface area contributed by atoms with Gasteiger partial charge in [-0.25, -0.2) is 4.39 Å². The van der Waals surface area contributed by atoms with Crippen LogP contribution in [0.5, 0.6) is 5.75 Å².